The molecule has 0 saturated carbocycles. The van der Waals surface area contributed by atoms with Crippen molar-refractivity contribution in [1.82, 2.24) is 20.0 Å². The number of nitrogens with zero attached hydrogens (tertiary/aromatic N) is 4. The van der Waals surface area contributed by atoms with Crippen LogP contribution >= 0.6 is 0 Å². The number of carbonyl (C=O) groups is 1. The summed E-state index contributed by atoms with van der Waals surface area (Å²) in [5.74, 6) is 0.992. The summed E-state index contributed by atoms with van der Waals surface area (Å²) in [5.41, 5.74) is 6.20. The summed E-state index contributed by atoms with van der Waals surface area (Å²) < 4.78 is 5.86. The maximum absolute atomic E-state index is 13.0. The Hall–Kier alpha value is -3.77. The average Bonchev–Trinajstić information content (AvgIpc) is 3.36. The average molecular weight is 453 g/mol. The van der Waals surface area contributed by atoms with Crippen molar-refractivity contribution >= 4 is 5.91 Å². The first-order valence-electron chi connectivity index (χ1n) is 11.6. The van der Waals surface area contributed by atoms with E-state index in [-0.39, 0.29) is 5.91 Å². The van der Waals surface area contributed by atoms with E-state index in [0.29, 0.717) is 17.3 Å². The zero-order valence-corrected chi connectivity index (χ0v) is 19.6. The number of hydrogen-bond acceptors (Lipinski definition) is 5. The summed E-state index contributed by atoms with van der Waals surface area (Å²) in [7, 11) is 0. The molecule has 1 fully saturated rings. The van der Waals surface area contributed by atoms with E-state index in [2.05, 4.69) is 46.3 Å². The Bertz CT molecular complexity index is 1270. The van der Waals surface area contributed by atoms with Crippen LogP contribution < -0.4 is 0 Å². The van der Waals surface area contributed by atoms with Crippen molar-refractivity contribution < 1.29 is 9.21 Å². The molecule has 0 atom stereocenters. The van der Waals surface area contributed by atoms with Crippen molar-refractivity contribution in [2.75, 3.05) is 26.2 Å². The van der Waals surface area contributed by atoms with Gasteiger partial charge in [0.15, 0.2) is 0 Å². The highest BCUT2D eigenvalue weighted by Crippen LogP contribution is 2.25. The maximum Gasteiger partial charge on any atom is 0.253 e. The summed E-state index contributed by atoms with van der Waals surface area (Å²) in [5, 5.41) is 8.35. The summed E-state index contributed by atoms with van der Waals surface area (Å²) in [6.07, 6.45) is 0. The first-order valence-corrected chi connectivity index (χ1v) is 11.6. The molecule has 1 aromatic heterocycles. The van der Waals surface area contributed by atoms with Crippen LogP contribution in [0, 0.1) is 13.8 Å². The number of carbonyl (C=O) groups excluding carboxylic acids is 1. The lowest BCUT2D eigenvalue weighted by molar-refractivity contribution is 0.0628. The normalized spacial score (nSPS) is 14.4. The number of rotatable bonds is 5. The van der Waals surface area contributed by atoms with E-state index in [0.717, 1.165) is 43.9 Å². The van der Waals surface area contributed by atoms with E-state index >= 15 is 0 Å². The van der Waals surface area contributed by atoms with Crippen molar-refractivity contribution in [3.05, 3.63) is 95.1 Å². The predicted octanol–water partition coefficient (Wildman–Crippen LogP) is 4.98. The van der Waals surface area contributed by atoms with Crippen molar-refractivity contribution in [1.29, 1.82) is 0 Å². The highest BCUT2D eigenvalue weighted by Gasteiger charge is 2.22. The van der Waals surface area contributed by atoms with Crippen LogP contribution in [0.5, 0.6) is 0 Å². The van der Waals surface area contributed by atoms with Gasteiger partial charge in [0.1, 0.15) is 0 Å². The monoisotopic (exact) mass is 452 g/mol. The van der Waals surface area contributed by atoms with Gasteiger partial charge in [-0.1, -0.05) is 42.0 Å². The Morgan fingerprint density at radius 1 is 0.794 bits per heavy atom. The van der Waals surface area contributed by atoms with Crippen LogP contribution in [0.1, 0.15) is 27.0 Å². The summed E-state index contributed by atoms with van der Waals surface area (Å²) in [6, 6.07) is 23.9. The molecule has 4 aromatic rings. The largest absolute Gasteiger partial charge is 0.416 e. The molecule has 3 aromatic carbocycles. The van der Waals surface area contributed by atoms with Gasteiger partial charge in [-0.05, 0) is 61.4 Å². The Balaban J connectivity index is 1.20. The van der Waals surface area contributed by atoms with E-state index in [9.17, 15) is 4.79 Å². The third-order valence-corrected chi connectivity index (χ3v) is 6.42. The zero-order chi connectivity index (χ0) is 23.5. The van der Waals surface area contributed by atoms with Gasteiger partial charge in [-0.25, -0.2) is 0 Å². The minimum atomic E-state index is 0.0629. The lowest BCUT2D eigenvalue weighted by Crippen LogP contribution is -2.48. The molecule has 1 saturated heterocycles. The molecule has 2 heterocycles. The third kappa shape index (κ3) is 4.77. The van der Waals surface area contributed by atoms with E-state index in [1.54, 1.807) is 0 Å². The lowest BCUT2D eigenvalue weighted by Gasteiger charge is -2.35. The molecule has 6 heteroatoms. The predicted molar refractivity (Wildman–Crippen MR) is 132 cm³/mol. The highest BCUT2D eigenvalue weighted by molar-refractivity contribution is 5.94. The Morgan fingerprint density at radius 3 is 2.00 bits per heavy atom. The minimum Gasteiger partial charge on any atom is -0.416 e. The van der Waals surface area contributed by atoms with Crippen LogP contribution in [0.3, 0.4) is 0 Å². The molecular formula is C28H28N4O2. The van der Waals surface area contributed by atoms with Crippen molar-refractivity contribution in [2.24, 2.45) is 0 Å². The van der Waals surface area contributed by atoms with Gasteiger partial charge in [-0.3, -0.25) is 9.69 Å². The number of piperazine rings is 1. The van der Waals surface area contributed by atoms with Gasteiger partial charge in [0.25, 0.3) is 5.91 Å². The second kappa shape index (κ2) is 9.61. The van der Waals surface area contributed by atoms with E-state index in [1.807, 2.05) is 60.4 Å². The Labute approximate surface area is 199 Å². The molecule has 0 radical (unpaired) electrons. The first-order chi connectivity index (χ1) is 16.6. The van der Waals surface area contributed by atoms with Gasteiger partial charge in [-0.2, -0.15) is 0 Å². The molecular weight excluding hydrogens is 424 g/mol. The van der Waals surface area contributed by atoms with Crippen molar-refractivity contribution in [2.45, 2.75) is 20.4 Å². The molecule has 0 N–H and O–H groups in total. The number of benzene rings is 3. The maximum atomic E-state index is 13.0. The van der Waals surface area contributed by atoms with Gasteiger partial charge >= 0.3 is 0 Å². The summed E-state index contributed by atoms with van der Waals surface area (Å²) in [6.45, 7) is 8.34. The molecule has 1 aliphatic heterocycles. The third-order valence-electron chi connectivity index (χ3n) is 6.42. The van der Waals surface area contributed by atoms with E-state index in [1.165, 1.54) is 16.7 Å². The SMILES string of the molecule is Cc1ccc(-c2nnc(-c3ccc(C(=O)N4CCN(Cc5ccccc5C)CC4)cc3)o2)cc1. The summed E-state index contributed by atoms with van der Waals surface area (Å²) >= 11 is 0. The minimum absolute atomic E-state index is 0.0629. The van der Waals surface area contributed by atoms with Crippen LogP contribution in [0.15, 0.2) is 77.2 Å². The Kier molecular flexibility index (Phi) is 6.23. The summed E-state index contributed by atoms with van der Waals surface area (Å²) in [4.78, 5) is 17.4. The van der Waals surface area contributed by atoms with Crippen LogP contribution in [0.4, 0.5) is 0 Å². The van der Waals surface area contributed by atoms with Crippen LogP contribution in [-0.2, 0) is 6.54 Å². The second-order valence-corrected chi connectivity index (χ2v) is 8.85. The van der Waals surface area contributed by atoms with Crippen LogP contribution in [0.25, 0.3) is 22.9 Å². The van der Waals surface area contributed by atoms with Gasteiger partial charge < -0.3 is 9.32 Å². The van der Waals surface area contributed by atoms with E-state index in [4.69, 9.17) is 4.42 Å². The molecule has 34 heavy (non-hydrogen) atoms. The topological polar surface area (TPSA) is 62.5 Å². The van der Waals surface area contributed by atoms with Crippen molar-refractivity contribution in [3.8, 4) is 22.9 Å². The first kappa shape index (κ1) is 22.0. The fourth-order valence-electron chi connectivity index (χ4n) is 4.23. The molecule has 172 valence electrons. The van der Waals surface area contributed by atoms with Gasteiger partial charge in [-0.15, -0.1) is 10.2 Å². The quantitative estimate of drug-likeness (QED) is 0.427. The number of aryl methyl sites for hydroxylation is 2. The highest BCUT2D eigenvalue weighted by atomic mass is 16.4. The van der Waals surface area contributed by atoms with Crippen LogP contribution in [0.2, 0.25) is 0 Å². The molecule has 5 rings (SSSR count). The van der Waals surface area contributed by atoms with Gasteiger partial charge in [0.05, 0.1) is 0 Å². The second-order valence-electron chi connectivity index (χ2n) is 8.85. The molecule has 6 nitrogen and oxygen atoms in total. The number of hydrogen-bond donors (Lipinski definition) is 0. The molecule has 0 unspecified atom stereocenters. The lowest BCUT2D eigenvalue weighted by atomic mass is 10.1. The standard InChI is InChI=1S/C28H28N4O2/c1-20-7-9-22(10-8-20)26-29-30-27(34-26)23-11-13-24(14-12-23)28(33)32-17-15-31(16-18-32)19-25-6-4-3-5-21(25)2/h3-14H,15-19H2,1-2H3. The molecule has 1 aliphatic rings. The van der Waals surface area contributed by atoms with E-state index < -0.39 is 0 Å². The molecule has 1 amide bonds. The fraction of sp³-hybridized carbons (Fsp3) is 0.250. The fourth-order valence-corrected chi connectivity index (χ4v) is 4.23. The zero-order valence-electron chi connectivity index (χ0n) is 19.6. The smallest absolute Gasteiger partial charge is 0.253 e. The molecule has 0 spiro atoms. The van der Waals surface area contributed by atoms with Crippen molar-refractivity contribution in [3.63, 3.8) is 0 Å². The molecule has 0 bridgehead atoms. The van der Waals surface area contributed by atoms with Crippen LogP contribution in [-0.4, -0.2) is 52.1 Å². The Morgan fingerprint density at radius 2 is 1.38 bits per heavy atom. The number of amides is 1. The van der Waals surface area contributed by atoms with Gasteiger partial charge in [0.2, 0.25) is 11.8 Å². The molecule has 0 aliphatic carbocycles. The number of aromatic nitrogens is 2. The van der Waals surface area contributed by atoms with Gasteiger partial charge in [0, 0.05) is 49.4 Å².